The van der Waals surface area contributed by atoms with Crippen molar-refractivity contribution in [3.05, 3.63) is 28.3 Å². The highest BCUT2D eigenvalue weighted by molar-refractivity contribution is 5.96. The van der Waals surface area contributed by atoms with E-state index >= 15 is 0 Å². The maximum absolute atomic E-state index is 11.8. The molecule has 4 N–H and O–H groups in total. The standard InChI is InChI=1S/C11H13N3O5/c15-7-4-9(12-5-7)11(17)13-8-2-1-6(14(18)19)3-10(8)16/h1-3,7,9,12,15-16H,4-5H2,(H,13,17). The molecular formula is C11H13N3O5. The second-order valence-electron chi connectivity index (χ2n) is 4.30. The summed E-state index contributed by atoms with van der Waals surface area (Å²) in [4.78, 5) is 21.7. The third-order valence-electron chi connectivity index (χ3n) is 2.87. The van der Waals surface area contributed by atoms with Crippen molar-refractivity contribution < 1.29 is 19.9 Å². The van der Waals surface area contributed by atoms with Crippen LogP contribution in [-0.4, -0.2) is 39.7 Å². The zero-order valence-electron chi connectivity index (χ0n) is 9.87. The van der Waals surface area contributed by atoms with Crippen LogP contribution in [0.3, 0.4) is 0 Å². The van der Waals surface area contributed by atoms with Gasteiger partial charge in [-0.2, -0.15) is 0 Å². The number of phenols is 1. The molecule has 1 aromatic carbocycles. The minimum atomic E-state index is -0.639. The highest BCUT2D eigenvalue weighted by Crippen LogP contribution is 2.28. The summed E-state index contributed by atoms with van der Waals surface area (Å²) in [6.07, 6.45) is -0.277. The van der Waals surface area contributed by atoms with Crippen molar-refractivity contribution in [1.82, 2.24) is 5.32 Å². The highest BCUT2D eigenvalue weighted by atomic mass is 16.6. The molecule has 0 aliphatic carbocycles. The van der Waals surface area contributed by atoms with Gasteiger partial charge in [-0.05, 0) is 12.5 Å². The smallest absolute Gasteiger partial charge is 0.273 e. The van der Waals surface area contributed by atoms with E-state index in [2.05, 4.69) is 10.6 Å². The Balaban J connectivity index is 2.07. The summed E-state index contributed by atoms with van der Waals surface area (Å²) in [6, 6.07) is 2.87. The number of carbonyl (C=O) groups is 1. The molecule has 2 unspecified atom stereocenters. The summed E-state index contributed by atoms with van der Waals surface area (Å²) in [5.74, 6) is -0.776. The predicted octanol–water partition coefficient (Wildman–Crippen LogP) is -0.0383. The Bertz CT molecular complexity index is 519. The van der Waals surface area contributed by atoms with Crippen LogP contribution in [-0.2, 0) is 4.79 Å². The van der Waals surface area contributed by atoms with E-state index in [0.29, 0.717) is 13.0 Å². The van der Waals surface area contributed by atoms with E-state index in [4.69, 9.17) is 0 Å². The van der Waals surface area contributed by atoms with Crippen molar-refractivity contribution in [2.45, 2.75) is 18.6 Å². The number of amides is 1. The minimum absolute atomic E-state index is 0.0961. The van der Waals surface area contributed by atoms with E-state index < -0.39 is 23.0 Å². The van der Waals surface area contributed by atoms with Gasteiger partial charge in [-0.3, -0.25) is 14.9 Å². The Labute approximate surface area is 108 Å². The van der Waals surface area contributed by atoms with Crippen LogP contribution in [0.1, 0.15) is 6.42 Å². The molecule has 19 heavy (non-hydrogen) atoms. The Morgan fingerprint density at radius 3 is 2.79 bits per heavy atom. The number of phenolic OH excluding ortho intramolecular Hbond substituents is 1. The molecule has 0 aromatic heterocycles. The van der Waals surface area contributed by atoms with Gasteiger partial charge in [-0.1, -0.05) is 0 Å². The summed E-state index contributed by atoms with van der Waals surface area (Å²) in [7, 11) is 0. The lowest BCUT2D eigenvalue weighted by molar-refractivity contribution is -0.384. The number of rotatable bonds is 3. The normalized spacial score (nSPS) is 22.2. The Morgan fingerprint density at radius 2 is 2.26 bits per heavy atom. The Morgan fingerprint density at radius 1 is 1.53 bits per heavy atom. The predicted molar refractivity (Wildman–Crippen MR) is 65.8 cm³/mol. The number of aliphatic hydroxyl groups excluding tert-OH is 1. The molecule has 2 atom stereocenters. The number of anilines is 1. The van der Waals surface area contributed by atoms with Gasteiger partial charge < -0.3 is 20.8 Å². The van der Waals surface area contributed by atoms with E-state index in [1.54, 1.807) is 0 Å². The van der Waals surface area contributed by atoms with E-state index in [1.165, 1.54) is 12.1 Å². The monoisotopic (exact) mass is 267 g/mol. The number of nitro benzene ring substituents is 1. The SMILES string of the molecule is O=C(Nc1ccc([N+](=O)[O-])cc1O)C1CC(O)CN1. The van der Waals surface area contributed by atoms with Gasteiger partial charge in [0.2, 0.25) is 5.91 Å². The first-order chi connectivity index (χ1) is 8.97. The van der Waals surface area contributed by atoms with Crippen molar-refractivity contribution in [3.63, 3.8) is 0 Å². The van der Waals surface area contributed by atoms with Crippen LogP contribution < -0.4 is 10.6 Å². The first-order valence-corrected chi connectivity index (χ1v) is 5.67. The van der Waals surface area contributed by atoms with Gasteiger partial charge in [-0.25, -0.2) is 0 Å². The van der Waals surface area contributed by atoms with Crippen LogP contribution in [0.5, 0.6) is 5.75 Å². The summed E-state index contributed by atoms with van der Waals surface area (Å²) in [5.41, 5.74) is -0.163. The van der Waals surface area contributed by atoms with Gasteiger partial charge in [-0.15, -0.1) is 0 Å². The van der Waals surface area contributed by atoms with E-state index in [1.807, 2.05) is 0 Å². The lowest BCUT2D eigenvalue weighted by Crippen LogP contribution is -2.35. The number of nitro groups is 1. The molecule has 1 amide bonds. The fourth-order valence-corrected chi connectivity index (χ4v) is 1.88. The van der Waals surface area contributed by atoms with Crippen LogP contribution >= 0.6 is 0 Å². The summed E-state index contributed by atoms with van der Waals surface area (Å²) < 4.78 is 0. The Hall–Kier alpha value is -2.19. The van der Waals surface area contributed by atoms with E-state index in [0.717, 1.165) is 6.07 Å². The second kappa shape index (κ2) is 5.21. The van der Waals surface area contributed by atoms with Crippen molar-refractivity contribution in [3.8, 4) is 5.75 Å². The van der Waals surface area contributed by atoms with Gasteiger partial charge in [0.25, 0.3) is 5.69 Å². The van der Waals surface area contributed by atoms with Crippen LogP contribution in [0.25, 0.3) is 0 Å². The second-order valence-corrected chi connectivity index (χ2v) is 4.30. The largest absolute Gasteiger partial charge is 0.506 e. The zero-order chi connectivity index (χ0) is 14.0. The van der Waals surface area contributed by atoms with E-state index in [9.17, 15) is 25.1 Å². The molecular weight excluding hydrogens is 254 g/mol. The number of aromatic hydroxyl groups is 1. The number of β-amino-alcohol motifs (C(OH)–C–C–N with tert-alkyl or cyclic N) is 1. The molecule has 0 radical (unpaired) electrons. The number of nitrogens with zero attached hydrogens (tertiary/aromatic N) is 1. The van der Waals surface area contributed by atoms with Gasteiger partial charge in [0, 0.05) is 12.6 Å². The van der Waals surface area contributed by atoms with Crippen molar-refractivity contribution >= 4 is 17.3 Å². The number of carbonyl (C=O) groups excluding carboxylic acids is 1. The highest BCUT2D eigenvalue weighted by Gasteiger charge is 2.28. The summed E-state index contributed by atoms with van der Waals surface area (Å²) in [5, 5.41) is 34.7. The molecule has 1 saturated heterocycles. The molecule has 1 heterocycles. The molecule has 0 bridgehead atoms. The quantitative estimate of drug-likeness (QED) is 0.346. The van der Waals surface area contributed by atoms with Gasteiger partial charge in [0.15, 0.2) is 0 Å². The van der Waals surface area contributed by atoms with Crippen LogP contribution in [0.15, 0.2) is 18.2 Å². The average molecular weight is 267 g/mol. The maximum atomic E-state index is 11.8. The topological polar surface area (TPSA) is 125 Å². The lowest BCUT2D eigenvalue weighted by Gasteiger charge is -2.11. The van der Waals surface area contributed by atoms with Crippen molar-refractivity contribution in [2.75, 3.05) is 11.9 Å². The Kier molecular flexibility index (Phi) is 3.63. The first-order valence-electron chi connectivity index (χ1n) is 5.67. The zero-order valence-corrected chi connectivity index (χ0v) is 9.87. The van der Waals surface area contributed by atoms with Gasteiger partial charge in [0.1, 0.15) is 5.75 Å². The third-order valence-corrected chi connectivity index (χ3v) is 2.87. The van der Waals surface area contributed by atoms with E-state index in [-0.39, 0.29) is 17.1 Å². The number of hydrogen-bond donors (Lipinski definition) is 4. The molecule has 1 aliphatic rings. The van der Waals surface area contributed by atoms with Gasteiger partial charge >= 0.3 is 0 Å². The lowest BCUT2D eigenvalue weighted by atomic mass is 10.2. The fourth-order valence-electron chi connectivity index (χ4n) is 1.88. The molecule has 8 nitrogen and oxygen atoms in total. The minimum Gasteiger partial charge on any atom is -0.506 e. The molecule has 2 rings (SSSR count). The number of aliphatic hydroxyl groups is 1. The average Bonchev–Trinajstić information content (AvgIpc) is 2.78. The summed E-state index contributed by atoms with van der Waals surface area (Å²) in [6.45, 7) is 0.338. The van der Waals surface area contributed by atoms with Crippen molar-refractivity contribution in [1.29, 1.82) is 0 Å². The maximum Gasteiger partial charge on any atom is 0.273 e. The fraction of sp³-hybridized carbons (Fsp3) is 0.364. The first kappa shape index (κ1) is 13.2. The van der Waals surface area contributed by atoms with Crippen LogP contribution in [0, 0.1) is 10.1 Å². The number of hydrogen-bond acceptors (Lipinski definition) is 6. The molecule has 1 aromatic rings. The van der Waals surface area contributed by atoms with Crippen LogP contribution in [0.4, 0.5) is 11.4 Å². The van der Waals surface area contributed by atoms with Crippen molar-refractivity contribution in [2.24, 2.45) is 0 Å². The third kappa shape index (κ3) is 2.98. The van der Waals surface area contributed by atoms with Gasteiger partial charge in [0.05, 0.1) is 28.8 Å². The molecule has 0 saturated carbocycles. The molecule has 0 spiro atoms. The molecule has 8 heteroatoms. The number of non-ortho nitro benzene ring substituents is 1. The number of benzene rings is 1. The molecule has 102 valence electrons. The molecule has 1 fully saturated rings. The summed E-state index contributed by atoms with van der Waals surface area (Å²) >= 11 is 0. The number of nitrogens with one attached hydrogen (secondary N) is 2. The van der Waals surface area contributed by atoms with Crippen LogP contribution in [0.2, 0.25) is 0 Å². The molecule has 1 aliphatic heterocycles.